The van der Waals surface area contributed by atoms with Gasteiger partial charge >= 0.3 is 5.97 Å². The van der Waals surface area contributed by atoms with Crippen molar-refractivity contribution in [1.82, 2.24) is 5.32 Å². The zero-order chi connectivity index (χ0) is 51.0. The van der Waals surface area contributed by atoms with Crippen LogP contribution in [0, 0.1) is 67.6 Å². The summed E-state index contributed by atoms with van der Waals surface area (Å²) in [7, 11) is 0. The molecule has 15 heteroatoms. The molecule has 2 heterocycles. The van der Waals surface area contributed by atoms with E-state index in [1.165, 1.54) is 79.6 Å². The summed E-state index contributed by atoms with van der Waals surface area (Å²) >= 11 is 0. The normalized spacial score (nSPS) is 29.8. The fourth-order valence-corrected chi connectivity index (χ4v) is 13.4. The van der Waals surface area contributed by atoms with Crippen LogP contribution in [0.3, 0.4) is 0 Å². The number of carbonyl (C=O) groups is 4. The molecule has 15 nitrogen and oxygen atoms in total. The van der Waals surface area contributed by atoms with Crippen LogP contribution in [0.25, 0.3) is 0 Å². The van der Waals surface area contributed by atoms with E-state index in [2.05, 4.69) is 53.8 Å². The van der Waals surface area contributed by atoms with E-state index in [0.717, 1.165) is 51.1 Å². The highest BCUT2D eigenvalue weighted by Gasteiger charge is 2.60. The molecule has 0 bridgehead atoms. The fraction of sp³-hybridized carbons (Fsp3) is 0.519. The Labute approximate surface area is 404 Å². The number of carboxylic acids is 1. The highest BCUT2D eigenvalue weighted by Crippen LogP contribution is 2.63. The van der Waals surface area contributed by atoms with Gasteiger partial charge in [0.05, 0.1) is 0 Å². The summed E-state index contributed by atoms with van der Waals surface area (Å²) in [6.45, 7) is 17.6. The van der Waals surface area contributed by atoms with E-state index in [-0.39, 0.29) is 115 Å². The van der Waals surface area contributed by atoms with E-state index in [0.29, 0.717) is 20.9 Å². The first kappa shape index (κ1) is 52.2. The number of carbonyl (C=O) groups excluding carboxylic acids is 3. The predicted octanol–water partition coefficient (Wildman–Crippen LogP) is 8.32. The van der Waals surface area contributed by atoms with E-state index >= 15 is 0 Å². The van der Waals surface area contributed by atoms with Crippen molar-refractivity contribution in [2.24, 2.45) is 62.9 Å². The van der Waals surface area contributed by atoms with Gasteiger partial charge in [0.25, 0.3) is 5.91 Å². The Kier molecular flexibility index (Phi) is 15.1. The topological polar surface area (TPSA) is 261 Å². The lowest BCUT2D eigenvalue weighted by atomic mass is 9.45. The second kappa shape index (κ2) is 20.0. The third-order valence-electron chi connectivity index (χ3n) is 16.6. The maximum Gasteiger partial charge on any atom is 0.341 e. The van der Waals surface area contributed by atoms with Gasteiger partial charge in [-0.05, 0) is 120 Å². The minimum absolute atomic E-state index is 0.000880. The molecule has 2 aromatic heterocycles. The molecule has 4 aromatic rings. The first-order valence-electron chi connectivity index (χ1n) is 24.0. The maximum atomic E-state index is 14.0. The van der Waals surface area contributed by atoms with Crippen molar-refractivity contribution in [2.45, 2.75) is 119 Å². The van der Waals surface area contributed by atoms with Gasteiger partial charge < -0.3 is 47.0 Å². The average Bonchev–Trinajstić information content (AvgIpc) is 3.24. The molecule has 4 fully saturated rings. The number of pyridine rings is 2. The first-order valence-corrected chi connectivity index (χ1v) is 24.0. The van der Waals surface area contributed by atoms with Gasteiger partial charge in [0, 0.05) is 59.3 Å². The van der Waals surface area contributed by atoms with Gasteiger partial charge in [0.15, 0.2) is 36.4 Å². The van der Waals surface area contributed by atoms with Crippen molar-refractivity contribution in [2.75, 3.05) is 0 Å². The standard InChI is InChI=1S/C27H34N2O5.C21H31NO3.C6H5NO3/c1-16-21(28-25(33)17-7-5-10-29(34)15-17)14-22-26(2,3)8-6-9-27(22,4)23(16)24(32)18-11-19(30)13-20(31)12-18;1-12-16(22)11-17-20(2,3)6-5-7-21(17,4)18(12)19(25)13-8-14(23)10-15(24)9-13;8-6(9)5-2-1-3-7(10)4-5/h5,7,10-13,15-16,21-23,30-31H,6,8-9,14H2,1-4H3,(H,28,33);8-10,12,16-18,23-24H,5-7,11,22H2,1-4H3;1-4H,(H,8,9)/t16-,21-,22+,23-,27+;12-,16-,17+,18-,21+;/m11./s1. The van der Waals surface area contributed by atoms with Gasteiger partial charge in [-0.3, -0.25) is 14.4 Å². The highest BCUT2D eigenvalue weighted by atomic mass is 16.5. The van der Waals surface area contributed by atoms with E-state index < -0.39 is 11.9 Å². The molecule has 1 amide bonds. The number of nitrogens with zero attached hydrogens (tertiary/aromatic N) is 2. The zero-order valence-corrected chi connectivity index (χ0v) is 41.0. The average molecular weight is 951 g/mol. The van der Waals surface area contributed by atoms with Gasteiger partial charge in [-0.1, -0.05) is 68.2 Å². The van der Waals surface area contributed by atoms with E-state index in [9.17, 15) is 50.0 Å². The van der Waals surface area contributed by atoms with Crippen LogP contribution in [0.5, 0.6) is 23.0 Å². The van der Waals surface area contributed by atoms with Gasteiger partial charge in [-0.25, -0.2) is 4.79 Å². The Morgan fingerprint density at radius 1 is 0.609 bits per heavy atom. The number of hydrogen-bond acceptors (Lipinski definition) is 11. The highest BCUT2D eigenvalue weighted by molar-refractivity contribution is 6.00. The van der Waals surface area contributed by atoms with Crippen molar-refractivity contribution in [1.29, 1.82) is 0 Å². The van der Waals surface area contributed by atoms with Gasteiger partial charge in [-0.2, -0.15) is 9.46 Å². The predicted molar refractivity (Wildman–Crippen MR) is 258 cm³/mol. The summed E-state index contributed by atoms with van der Waals surface area (Å²) < 4.78 is 1.05. The lowest BCUT2D eigenvalue weighted by Gasteiger charge is -2.60. The van der Waals surface area contributed by atoms with Crippen LogP contribution in [-0.4, -0.2) is 61.1 Å². The van der Waals surface area contributed by atoms with Gasteiger partial charge in [0.1, 0.15) is 34.1 Å². The summed E-state index contributed by atoms with van der Waals surface area (Å²) in [5.41, 5.74) is 7.19. The molecule has 0 aliphatic heterocycles. The summed E-state index contributed by atoms with van der Waals surface area (Å²) in [5.74, 6) is -2.14. The molecule has 4 aliphatic rings. The number of phenols is 4. The molecule has 0 saturated heterocycles. The Hall–Kier alpha value is -6.22. The lowest BCUT2D eigenvalue weighted by Crippen LogP contribution is -2.60. The molecule has 0 unspecified atom stereocenters. The van der Waals surface area contributed by atoms with Crippen LogP contribution < -0.4 is 20.5 Å². The molecule has 10 atom stereocenters. The third-order valence-corrected chi connectivity index (χ3v) is 16.6. The minimum atomic E-state index is -1.09. The Morgan fingerprint density at radius 3 is 1.43 bits per heavy atom. The number of aromatic nitrogens is 2. The van der Waals surface area contributed by atoms with Crippen molar-refractivity contribution >= 4 is 23.4 Å². The molecule has 4 aliphatic carbocycles. The number of ketones is 2. The number of rotatable bonds is 7. The fourth-order valence-electron chi connectivity index (χ4n) is 13.4. The third kappa shape index (κ3) is 11.0. The largest absolute Gasteiger partial charge is 0.619 e. The summed E-state index contributed by atoms with van der Waals surface area (Å²) in [4.78, 5) is 50.6. The minimum Gasteiger partial charge on any atom is -0.619 e. The Balaban J connectivity index is 0.000000195. The summed E-state index contributed by atoms with van der Waals surface area (Å²) in [5, 5.41) is 73.2. The lowest BCUT2D eigenvalue weighted by molar-refractivity contribution is -0.605. The van der Waals surface area contributed by atoms with Crippen molar-refractivity contribution in [3.05, 3.63) is 118 Å². The van der Waals surface area contributed by atoms with E-state index in [1.807, 2.05) is 6.92 Å². The number of hydrogen-bond donors (Lipinski definition) is 7. The molecular formula is C54H70N4O11. The molecule has 69 heavy (non-hydrogen) atoms. The molecule has 8 N–H and O–H groups in total. The number of aromatic carboxylic acids is 1. The number of amides is 1. The number of phenolic OH excluding ortho intramolecular Hbond substituents is 4. The molecule has 2 aromatic carbocycles. The molecule has 8 rings (SSSR count). The molecule has 372 valence electrons. The van der Waals surface area contributed by atoms with Gasteiger partial charge in [-0.15, -0.1) is 0 Å². The van der Waals surface area contributed by atoms with Crippen molar-refractivity contribution in [3.63, 3.8) is 0 Å². The van der Waals surface area contributed by atoms with E-state index in [1.54, 1.807) is 6.07 Å². The molecule has 0 spiro atoms. The van der Waals surface area contributed by atoms with Crippen LogP contribution in [0.15, 0.2) is 85.5 Å². The van der Waals surface area contributed by atoms with E-state index in [4.69, 9.17) is 10.8 Å². The van der Waals surface area contributed by atoms with Gasteiger partial charge in [0.2, 0.25) is 0 Å². The van der Waals surface area contributed by atoms with Crippen molar-refractivity contribution in [3.8, 4) is 23.0 Å². The SMILES string of the molecule is C[C@@H]1[C@H](N)C[C@H]2C(C)(C)CCC[C@]2(C)[C@H]1C(=O)c1cc(O)cc(O)c1.C[C@@H]1[C@H](NC(=O)c2ccc[n+]([O-])c2)C[C@H]2C(C)(C)CCC[C@]2(C)[C@H]1C(=O)c1cc(O)cc(O)c1.O=C(O)c1ccc[n+]([O-])c1. The zero-order valence-electron chi connectivity index (χ0n) is 41.0. The smallest absolute Gasteiger partial charge is 0.341 e. The Morgan fingerprint density at radius 2 is 1.01 bits per heavy atom. The molecular weight excluding hydrogens is 881 g/mol. The summed E-state index contributed by atoms with van der Waals surface area (Å²) in [6.07, 6.45) is 12.8. The van der Waals surface area contributed by atoms with Crippen LogP contribution in [0.4, 0.5) is 0 Å². The number of benzene rings is 2. The van der Waals surface area contributed by atoms with Crippen LogP contribution in [0.1, 0.15) is 148 Å². The van der Waals surface area contributed by atoms with Crippen LogP contribution in [0.2, 0.25) is 0 Å². The second-order valence-corrected chi connectivity index (χ2v) is 22.1. The Bertz CT molecular complexity index is 2520. The molecule has 4 saturated carbocycles. The quantitative estimate of drug-likeness (QED) is 0.0524. The number of aromatic hydroxyl groups is 4. The number of nitrogens with two attached hydrogens (primary N) is 1. The van der Waals surface area contributed by atoms with Crippen LogP contribution in [-0.2, 0) is 0 Å². The number of fused-ring (bicyclic) bond motifs is 2. The molecule has 0 radical (unpaired) electrons. The van der Waals surface area contributed by atoms with Crippen LogP contribution >= 0.6 is 0 Å². The number of nitrogens with one attached hydrogen (secondary N) is 1. The monoisotopic (exact) mass is 951 g/mol. The summed E-state index contributed by atoms with van der Waals surface area (Å²) in [6, 6.07) is 13.8. The second-order valence-electron chi connectivity index (χ2n) is 22.1. The number of Topliss-reactive ketones (excluding diaryl/α,β-unsaturated/α-hetero) is 2. The maximum absolute atomic E-state index is 14.0. The van der Waals surface area contributed by atoms with Crippen molar-refractivity contribution < 1.29 is 54.2 Å². The first-order chi connectivity index (χ1) is 32.2. The number of carboxylic acid groups (broad SMARTS) is 1.